The number of fused-ring (bicyclic) bond motifs is 1. The molecule has 5 heteroatoms. The Labute approximate surface area is 119 Å². The Kier molecular flexibility index (Phi) is 3.50. The van der Waals surface area contributed by atoms with Gasteiger partial charge >= 0.3 is 0 Å². The maximum absolute atomic E-state index is 8.91. The van der Waals surface area contributed by atoms with Crippen molar-refractivity contribution in [1.82, 2.24) is 0 Å². The minimum atomic E-state index is -0.394. The van der Waals surface area contributed by atoms with Crippen molar-refractivity contribution in [2.45, 2.75) is 31.3 Å². The number of benzene rings is 1. The van der Waals surface area contributed by atoms with E-state index in [1.165, 1.54) is 0 Å². The molecule has 2 aliphatic rings. The molecule has 1 aromatic carbocycles. The van der Waals surface area contributed by atoms with Gasteiger partial charge < -0.3 is 9.47 Å². The molecule has 2 aliphatic heterocycles. The van der Waals surface area contributed by atoms with E-state index in [1.807, 2.05) is 18.3 Å². The van der Waals surface area contributed by atoms with Crippen LogP contribution < -0.4 is 10.2 Å². The van der Waals surface area contributed by atoms with Crippen LogP contribution in [0.25, 0.3) is 0 Å². The summed E-state index contributed by atoms with van der Waals surface area (Å²) in [6, 6.07) is 5.47. The van der Waals surface area contributed by atoms with Crippen LogP contribution in [0.3, 0.4) is 0 Å². The molecule has 20 heavy (non-hydrogen) atoms. The summed E-state index contributed by atoms with van der Waals surface area (Å²) < 4.78 is 11.9. The standard InChI is InChI=1S/C15H15BN2O2/c16-11-3-4-14-12(7-11)13(18-10-17)8-15(20-14)5-1-2-6-19-9-15/h3-4,7H,1-2,5-6,8-9H2. The van der Waals surface area contributed by atoms with Crippen molar-refractivity contribution in [2.24, 2.45) is 4.99 Å². The molecule has 0 N–H and O–H groups in total. The molecule has 0 saturated carbocycles. The highest BCUT2D eigenvalue weighted by Crippen LogP contribution is 2.37. The molecule has 1 fully saturated rings. The Morgan fingerprint density at radius 2 is 2.25 bits per heavy atom. The third kappa shape index (κ3) is 2.44. The van der Waals surface area contributed by atoms with Crippen LogP contribution in [0.4, 0.5) is 0 Å². The van der Waals surface area contributed by atoms with Crippen molar-refractivity contribution in [2.75, 3.05) is 13.2 Å². The van der Waals surface area contributed by atoms with Crippen LogP contribution in [0, 0.1) is 11.5 Å². The van der Waals surface area contributed by atoms with E-state index in [4.69, 9.17) is 22.6 Å². The average Bonchev–Trinajstić information content (AvgIpc) is 2.66. The molecule has 2 radical (unpaired) electrons. The van der Waals surface area contributed by atoms with E-state index in [-0.39, 0.29) is 0 Å². The van der Waals surface area contributed by atoms with Gasteiger partial charge in [0.05, 0.1) is 12.3 Å². The van der Waals surface area contributed by atoms with Crippen molar-refractivity contribution in [1.29, 1.82) is 5.26 Å². The molecule has 100 valence electrons. The lowest BCUT2D eigenvalue weighted by Crippen LogP contribution is -2.45. The molecule has 3 rings (SSSR count). The van der Waals surface area contributed by atoms with Crippen LogP contribution in [0.5, 0.6) is 5.75 Å². The third-order valence-electron chi connectivity index (χ3n) is 3.85. The molecule has 0 amide bonds. The molecular formula is C15H15BN2O2. The zero-order chi connectivity index (χ0) is 14.0. The van der Waals surface area contributed by atoms with Gasteiger partial charge in [-0.1, -0.05) is 17.6 Å². The average molecular weight is 266 g/mol. The van der Waals surface area contributed by atoms with Gasteiger partial charge in [-0.25, -0.2) is 0 Å². The molecule has 4 nitrogen and oxygen atoms in total. The van der Waals surface area contributed by atoms with Gasteiger partial charge in [-0.2, -0.15) is 10.3 Å². The number of ether oxygens (including phenoxy) is 2. The Bertz CT molecular complexity index is 584. The van der Waals surface area contributed by atoms with Crippen molar-refractivity contribution in [3.8, 4) is 11.9 Å². The molecule has 0 aliphatic carbocycles. The van der Waals surface area contributed by atoms with Crippen LogP contribution >= 0.6 is 0 Å². The summed E-state index contributed by atoms with van der Waals surface area (Å²) in [7, 11) is 5.82. The highest BCUT2D eigenvalue weighted by Gasteiger charge is 2.40. The van der Waals surface area contributed by atoms with Crippen LogP contribution in [-0.4, -0.2) is 32.4 Å². The minimum absolute atomic E-state index is 0.394. The third-order valence-corrected chi connectivity index (χ3v) is 3.85. The maximum Gasteiger partial charge on any atom is 0.205 e. The lowest BCUT2D eigenvalue weighted by atomic mass is 9.84. The van der Waals surface area contributed by atoms with Gasteiger partial charge in [0.25, 0.3) is 0 Å². The first kappa shape index (κ1) is 13.2. The minimum Gasteiger partial charge on any atom is -0.484 e. The Morgan fingerprint density at radius 1 is 1.35 bits per heavy atom. The van der Waals surface area contributed by atoms with E-state index >= 15 is 0 Å². The summed E-state index contributed by atoms with van der Waals surface area (Å²) in [5, 5.41) is 8.91. The van der Waals surface area contributed by atoms with Crippen molar-refractivity contribution in [3.05, 3.63) is 23.8 Å². The molecule has 0 bridgehead atoms. The number of rotatable bonds is 0. The van der Waals surface area contributed by atoms with E-state index in [0.717, 1.165) is 42.9 Å². The van der Waals surface area contributed by atoms with E-state index in [1.54, 1.807) is 6.07 Å². The van der Waals surface area contributed by atoms with Crippen molar-refractivity contribution in [3.63, 3.8) is 0 Å². The van der Waals surface area contributed by atoms with Crippen LogP contribution in [0.2, 0.25) is 0 Å². The molecule has 2 heterocycles. The fourth-order valence-corrected chi connectivity index (χ4v) is 2.89. The number of nitriles is 1. The van der Waals surface area contributed by atoms with Crippen LogP contribution in [0.1, 0.15) is 31.2 Å². The smallest absolute Gasteiger partial charge is 0.205 e. The van der Waals surface area contributed by atoms with Gasteiger partial charge in [0.1, 0.15) is 19.2 Å². The Balaban J connectivity index is 2.03. The van der Waals surface area contributed by atoms with E-state index in [0.29, 0.717) is 18.5 Å². The predicted octanol–water partition coefficient (Wildman–Crippen LogP) is 1.47. The molecular weight excluding hydrogens is 251 g/mol. The molecule has 1 saturated heterocycles. The molecule has 0 aromatic heterocycles. The summed E-state index contributed by atoms with van der Waals surface area (Å²) in [6.07, 6.45) is 5.50. The summed E-state index contributed by atoms with van der Waals surface area (Å²) in [5.41, 5.74) is 1.81. The van der Waals surface area contributed by atoms with Gasteiger partial charge in [-0.15, -0.1) is 0 Å². The zero-order valence-corrected chi connectivity index (χ0v) is 11.3. The fraction of sp³-hybridized carbons (Fsp3) is 0.467. The first-order chi connectivity index (χ1) is 9.72. The van der Waals surface area contributed by atoms with Crippen molar-refractivity contribution < 1.29 is 9.47 Å². The largest absolute Gasteiger partial charge is 0.484 e. The second-order valence-corrected chi connectivity index (χ2v) is 5.39. The molecule has 1 unspecified atom stereocenters. The predicted molar refractivity (Wildman–Crippen MR) is 76.6 cm³/mol. The summed E-state index contributed by atoms with van der Waals surface area (Å²) >= 11 is 0. The summed E-state index contributed by atoms with van der Waals surface area (Å²) in [4.78, 5) is 3.98. The van der Waals surface area contributed by atoms with Gasteiger partial charge in [0.15, 0.2) is 0 Å². The lowest BCUT2D eigenvalue weighted by Gasteiger charge is -2.38. The quantitative estimate of drug-likeness (QED) is 0.528. The van der Waals surface area contributed by atoms with Crippen molar-refractivity contribution >= 4 is 19.0 Å². The molecule has 1 atom stereocenters. The van der Waals surface area contributed by atoms with Crippen LogP contribution in [-0.2, 0) is 4.74 Å². The monoisotopic (exact) mass is 266 g/mol. The topological polar surface area (TPSA) is 54.6 Å². The maximum atomic E-state index is 8.91. The van der Waals surface area contributed by atoms with E-state index in [2.05, 4.69) is 4.99 Å². The number of hydrogen-bond donors (Lipinski definition) is 0. The summed E-state index contributed by atoms with van der Waals surface area (Å²) in [5.74, 6) is 0.741. The number of hydrogen-bond acceptors (Lipinski definition) is 4. The van der Waals surface area contributed by atoms with Gasteiger partial charge in [0, 0.05) is 18.6 Å². The number of nitrogens with zero attached hydrogens (tertiary/aromatic N) is 2. The van der Waals surface area contributed by atoms with Crippen LogP contribution in [0.15, 0.2) is 23.2 Å². The first-order valence-electron chi connectivity index (χ1n) is 6.85. The molecule has 1 aromatic rings. The highest BCUT2D eigenvalue weighted by molar-refractivity contribution is 6.33. The SMILES string of the molecule is [B]c1ccc2c(c1)C(=NC#N)CC1(CCCCOC1)O2. The van der Waals surface area contributed by atoms with Gasteiger partial charge in [-0.05, 0) is 25.3 Å². The fourth-order valence-electron chi connectivity index (χ4n) is 2.89. The second kappa shape index (κ2) is 5.30. The van der Waals surface area contributed by atoms with E-state index in [9.17, 15) is 0 Å². The Hall–Kier alpha value is -1.80. The van der Waals surface area contributed by atoms with E-state index < -0.39 is 5.60 Å². The highest BCUT2D eigenvalue weighted by atomic mass is 16.5. The zero-order valence-electron chi connectivity index (χ0n) is 11.3. The molecule has 1 spiro atoms. The summed E-state index contributed by atoms with van der Waals surface area (Å²) in [6.45, 7) is 1.31. The van der Waals surface area contributed by atoms with Gasteiger partial charge in [0.2, 0.25) is 6.19 Å². The Morgan fingerprint density at radius 3 is 3.10 bits per heavy atom. The first-order valence-corrected chi connectivity index (χ1v) is 6.85. The second-order valence-electron chi connectivity index (χ2n) is 5.39. The van der Waals surface area contributed by atoms with Gasteiger partial charge in [-0.3, -0.25) is 0 Å². The normalized spacial score (nSPS) is 27.4. The number of aliphatic imine (C=N–C) groups is 1. The lowest BCUT2D eigenvalue weighted by molar-refractivity contribution is -0.0153.